The minimum Gasteiger partial charge on any atom is -0.370 e. The summed E-state index contributed by atoms with van der Waals surface area (Å²) in [5.41, 5.74) is -0.644. The summed E-state index contributed by atoms with van der Waals surface area (Å²) < 4.78 is 39.1. The normalized spacial score (nSPS) is 19.7. The molecule has 1 aromatic rings. The number of thioether (sulfide) groups is 1. The Morgan fingerprint density at radius 3 is 2.76 bits per heavy atom. The summed E-state index contributed by atoms with van der Waals surface area (Å²) >= 11 is 1.88. The highest BCUT2D eigenvalue weighted by Gasteiger charge is 2.32. The zero-order chi connectivity index (χ0) is 15.5. The van der Waals surface area contributed by atoms with Crippen molar-refractivity contribution in [1.29, 1.82) is 0 Å². The summed E-state index contributed by atoms with van der Waals surface area (Å²) in [5, 5.41) is 3.34. The van der Waals surface area contributed by atoms with Crippen LogP contribution in [0.15, 0.2) is 12.1 Å². The average Bonchev–Trinajstić information content (AvgIpc) is 2.46. The molecular weight excluding hydrogens is 299 g/mol. The van der Waals surface area contributed by atoms with Crippen LogP contribution in [-0.4, -0.2) is 35.6 Å². The van der Waals surface area contributed by atoms with Gasteiger partial charge in [0, 0.05) is 30.6 Å². The van der Waals surface area contributed by atoms with Gasteiger partial charge in [0.1, 0.15) is 11.6 Å². The number of pyridine rings is 1. The molecule has 1 unspecified atom stereocenters. The van der Waals surface area contributed by atoms with Crippen molar-refractivity contribution in [2.24, 2.45) is 0 Å². The van der Waals surface area contributed by atoms with E-state index in [9.17, 15) is 13.2 Å². The number of nitrogens with zero attached hydrogens (tertiary/aromatic N) is 2. The number of hydrogen-bond donors (Lipinski definition) is 1. The van der Waals surface area contributed by atoms with Crippen LogP contribution in [0.2, 0.25) is 0 Å². The molecule has 0 spiro atoms. The molecule has 2 heterocycles. The zero-order valence-electron chi connectivity index (χ0n) is 12.2. The lowest BCUT2D eigenvalue weighted by atomic mass is 10.2. The number of aromatic nitrogens is 1. The van der Waals surface area contributed by atoms with Gasteiger partial charge in [-0.2, -0.15) is 24.9 Å². The molecule has 0 bridgehead atoms. The fourth-order valence-electron chi connectivity index (χ4n) is 2.29. The molecular formula is C14H20F3N3S. The SMILES string of the molecule is CCNc1cc(C(F)(F)F)cc(N2CCSC(CC)C2)n1. The first kappa shape index (κ1) is 16.3. The molecule has 21 heavy (non-hydrogen) atoms. The minimum absolute atomic E-state index is 0.286. The first-order valence-electron chi connectivity index (χ1n) is 7.13. The van der Waals surface area contributed by atoms with Gasteiger partial charge in [-0.1, -0.05) is 6.92 Å². The lowest BCUT2D eigenvalue weighted by Gasteiger charge is -2.33. The molecule has 118 valence electrons. The molecule has 1 atom stereocenters. The largest absolute Gasteiger partial charge is 0.416 e. The van der Waals surface area contributed by atoms with Crippen LogP contribution in [0.25, 0.3) is 0 Å². The van der Waals surface area contributed by atoms with E-state index in [2.05, 4.69) is 17.2 Å². The second kappa shape index (κ2) is 6.77. The number of rotatable bonds is 4. The van der Waals surface area contributed by atoms with Gasteiger partial charge in [0.05, 0.1) is 5.56 Å². The van der Waals surface area contributed by atoms with Gasteiger partial charge in [0.2, 0.25) is 0 Å². The molecule has 1 aromatic heterocycles. The van der Waals surface area contributed by atoms with Crippen molar-refractivity contribution in [3.05, 3.63) is 17.7 Å². The van der Waals surface area contributed by atoms with Crippen LogP contribution in [0.4, 0.5) is 24.8 Å². The van der Waals surface area contributed by atoms with Gasteiger partial charge in [-0.15, -0.1) is 0 Å². The second-order valence-corrected chi connectivity index (χ2v) is 6.38. The number of alkyl halides is 3. The number of hydrogen-bond acceptors (Lipinski definition) is 4. The highest BCUT2D eigenvalue weighted by Crippen LogP contribution is 2.34. The monoisotopic (exact) mass is 319 g/mol. The van der Waals surface area contributed by atoms with E-state index < -0.39 is 11.7 Å². The maximum atomic E-state index is 13.0. The van der Waals surface area contributed by atoms with E-state index in [0.29, 0.717) is 17.6 Å². The molecule has 1 aliphatic rings. The van der Waals surface area contributed by atoms with E-state index in [1.807, 2.05) is 23.6 Å². The summed E-state index contributed by atoms with van der Waals surface area (Å²) in [7, 11) is 0. The van der Waals surface area contributed by atoms with Crippen LogP contribution in [0.1, 0.15) is 25.8 Å². The van der Waals surface area contributed by atoms with Crippen LogP contribution < -0.4 is 10.2 Å². The van der Waals surface area contributed by atoms with Crippen LogP contribution in [0, 0.1) is 0 Å². The average molecular weight is 319 g/mol. The molecule has 0 aromatic carbocycles. The Kier molecular flexibility index (Phi) is 5.24. The number of halogens is 3. The highest BCUT2D eigenvalue weighted by atomic mass is 32.2. The molecule has 0 saturated carbocycles. The molecule has 0 amide bonds. The topological polar surface area (TPSA) is 28.2 Å². The van der Waals surface area contributed by atoms with E-state index in [1.165, 1.54) is 0 Å². The first-order chi connectivity index (χ1) is 9.94. The van der Waals surface area contributed by atoms with Gasteiger partial charge in [-0.25, -0.2) is 4.98 Å². The standard InChI is InChI=1S/C14H20F3N3S/c1-3-11-9-20(5-6-21-11)13-8-10(14(15,16)17)7-12(19-13)18-4-2/h7-8,11H,3-6,9H2,1-2H3,(H,18,19). The molecule has 3 nitrogen and oxygen atoms in total. The predicted molar refractivity (Wildman–Crippen MR) is 82.2 cm³/mol. The van der Waals surface area contributed by atoms with E-state index in [0.717, 1.165) is 37.4 Å². The van der Waals surface area contributed by atoms with Crippen LogP contribution in [0.3, 0.4) is 0 Å². The number of nitrogens with one attached hydrogen (secondary N) is 1. The van der Waals surface area contributed by atoms with Crippen LogP contribution in [-0.2, 0) is 6.18 Å². The summed E-state index contributed by atoms with van der Waals surface area (Å²) in [6.45, 7) is 5.97. The Balaban J connectivity index is 2.31. The molecule has 1 fully saturated rings. The Bertz CT molecular complexity index is 479. The Morgan fingerprint density at radius 2 is 2.14 bits per heavy atom. The van der Waals surface area contributed by atoms with E-state index in [4.69, 9.17) is 0 Å². The third kappa shape index (κ3) is 4.18. The van der Waals surface area contributed by atoms with Gasteiger partial charge >= 0.3 is 6.18 Å². The maximum Gasteiger partial charge on any atom is 0.416 e. The third-order valence-electron chi connectivity index (χ3n) is 3.42. The molecule has 1 aliphatic heterocycles. The van der Waals surface area contributed by atoms with Gasteiger partial charge in [-0.3, -0.25) is 0 Å². The van der Waals surface area contributed by atoms with Gasteiger partial charge in [0.25, 0.3) is 0 Å². The predicted octanol–water partition coefficient (Wildman–Crippen LogP) is 3.86. The fourth-order valence-corrected chi connectivity index (χ4v) is 3.47. The van der Waals surface area contributed by atoms with Crippen LogP contribution in [0.5, 0.6) is 0 Å². The Labute approximate surface area is 127 Å². The molecule has 1 N–H and O–H groups in total. The summed E-state index contributed by atoms with van der Waals surface area (Å²) in [6.07, 6.45) is -3.34. The van der Waals surface area contributed by atoms with Crippen LogP contribution >= 0.6 is 11.8 Å². The second-order valence-electron chi connectivity index (χ2n) is 4.97. The van der Waals surface area contributed by atoms with E-state index >= 15 is 0 Å². The van der Waals surface area contributed by atoms with Crippen molar-refractivity contribution in [3.8, 4) is 0 Å². The molecule has 2 rings (SSSR count). The molecule has 0 aliphatic carbocycles. The number of anilines is 2. The Morgan fingerprint density at radius 1 is 1.38 bits per heavy atom. The van der Waals surface area contributed by atoms with Gasteiger partial charge < -0.3 is 10.2 Å². The molecule has 7 heteroatoms. The third-order valence-corrected chi connectivity index (χ3v) is 4.79. The minimum atomic E-state index is -4.35. The summed E-state index contributed by atoms with van der Waals surface area (Å²) in [6, 6.07) is 2.23. The van der Waals surface area contributed by atoms with Crippen molar-refractivity contribution in [2.45, 2.75) is 31.7 Å². The van der Waals surface area contributed by atoms with Crippen molar-refractivity contribution < 1.29 is 13.2 Å². The van der Waals surface area contributed by atoms with Crippen molar-refractivity contribution in [3.63, 3.8) is 0 Å². The lowest BCUT2D eigenvalue weighted by molar-refractivity contribution is -0.137. The maximum absolute atomic E-state index is 13.0. The van der Waals surface area contributed by atoms with Crippen molar-refractivity contribution >= 4 is 23.4 Å². The highest BCUT2D eigenvalue weighted by molar-refractivity contribution is 8.00. The molecule has 0 radical (unpaired) electrons. The zero-order valence-corrected chi connectivity index (χ0v) is 13.0. The summed E-state index contributed by atoms with van der Waals surface area (Å²) in [5.74, 6) is 1.63. The van der Waals surface area contributed by atoms with Gasteiger partial charge in [-0.05, 0) is 25.5 Å². The first-order valence-corrected chi connectivity index (χ1v) is 8.18. The van der Waals surface area contributed by atoms with Crippen molar-refractivity contribution in [2.75, 3.05) is 35.6 Å². The quantitative estimate of drug-likeness (QED) is 0.912. The summed E-state index contributed by atoms with van der Waals surface area (Å²) in [4.78, 5) is 6.29. The molecule has 1 saturated heterocycles. The fraction of sp³-hybridized carbons (Fsp3) is 0.643. The van der Waals surface area contributed by atoms with E-state index in [1.54, 1.807) is 0 Å². The Hall–Kier alpha value is -1.11. The smallest absolute Gasteiger partial charge is 0.370 e. The van der Waals surface area contributed by atoms with E-state index in [-0.39, 0.29) is 5.82 Å². The van der Waals surface area contributed by atoms with Crippen molar-refractivity contribution in [1.82, 2.24) is 4.98 Å². The lowest BCUT2D eigenvalue weighted by Crippen LogP contribution is -2.38. The van der Waals surface area contributed by atoms with Gasteiger partial charge in [0.15, 0.2) is 0 Å².